The molecule has 40 heavy (non-hydrogen) atoms. The number of nitrogens with two attached hydrogens (primary N) is 1. The van der Waals surface area contributed by atoms with Crippen molar-refractivity contribution in [2.75, 3.05) is 21.2 Å². The molecule has 2 aromatic carbocycles. The lowest BCUT2D eigenvalue weighted by Gasteiger charge is -2.50. The second kappa shape index (κ2) is 9.32. The van der Waals surface area contributed by atoms with Crippen LogP contribution in [0.5, 0.6) is 11.5 Å². The van der Waals surface area contributed by atoms with Crippen LogP contribution in [0.25, 0.3) is 16.9 Å². The largest absolute Gasteiger partial charge is 0.508 e. The van der Waals surface area contributed by atoms with Crippen LogP contribution >= 0.6 is 0 Å². The number of ketones is 2. The zero-order valence-electron chi connectivity index (χ0n) is 22.0. The number of carbonyl (C=O) groups is 4. The van der Waals surface area contributed by atoms with Crippen LogP contribution in [0.4, 0.5) is 0 Å². The van der Waals surface area contributed by atoms with Gasteiger partial charge in [-0.1, -0.05) is 6.07 Å². The highest BCUT2D eigenvalue weighted by Crippen LogP contribution is 2.54. The Morgan fingerprint density at radius 1 is 1.12 bits per heavy atom. The van der Waals surface area contributed by atoms with Gasteiger partial charge in [0.2, 0.25) is 5.78 Å². The van der Waals surface area contributed by atoms with Gasteiger partial charge in [0.15, 0.2) is 11.4 Å². The summed E-state index contributed by atoms with van der Waals surface area (Å²) in [6, 6.07) is 6.57. The highest BCUT2D eigenvalue weighted by atomic mass is 16.5. The van der Waals surface area contributed by atoms with Crippen molar-refractivity contribution in [1.82, 2.24) is 4.90 Å². The lowest BCUT2D eigenvalue weighted by molar-refractivity contribution is -0.153. The molecule has 2 aromatic rings. The molecule has 1 fully saturated rings. The van der Waals surface area contributed by atoms with Crippen LogP contribution in [0.2, 0.25) is 0 Å². The summed E-state index contributed by atoms with van der Waals surface area (Å²) in [7, 11) is 4.54. The Hall–Kier alpha value is -4.48. The Morgan fingerprint density at radius 3 is 2.42 bits per heavy atom. The van der Waals surface area contributed by atoms with Crippen LogP contribution in [0, 0.1) is 11.8 Å². The number of carbonyl (C=O) groups excluding carboxylic acids is 4. The van der Waals surface area contributed by atoms with Crippen molar-refractivity contribution in [2.24, 2.45) is 17.6 Å². The number of ether oxygens (including phenoxy) is 1. The minimum absolute atomic E-state index is 0.0353. The Labute approximate surface area is 228 Å². The van der Waals surface area contributed by atoms with Gasteiger partial charge in [-0.25, -0.2) is 0 Å². The third-order valence-corrected chi connectivity index (χ3v) is 8.25. The number of Topliss-reactive ketones (excluding diaryl/α,β-unsaturated/α-hetero) is 2. The summed E-state index contributed by atoms with van der Waals surface area (Å²) >= 11 is 0. The first-order valence-corrected chi connectivity index (χ1v) is 12.5. The highest BCUT2D eigenvalue weighted by Gasteiger charge is 2.64. The van der Waals surface area contributed by atoms with Gasteiger partial charge in [0.25, 0.3) is 5.91 Å². The molecule has 11 nitrogen and oxygen atoms in total. The van der Waals surface area contributed by atoms with E-state index in [0.717, 1.165) is 0 Å². The summed E-state index contributed by atoms with van der Waals surface area (Å²) in [5, 5.41) is 44.9. The number of fused-ring (bicyclic) bond motifs is 3. The maximum atomic E-state index is 14.0. The molecule has 3 aliphatic rings. The number of phenolic OH excluding ortho intramolecular Hbond substituents is 1. The molecule has 208 valence electrons. The highest BCUT2D eigenvalue weighted by molar-refractivity contribution is 6.24. The van der Waals surface area contributed by atoms with Crippen molar-refractivity contribution >= 4 is 29.5 Å². The van der Waals surface area contributed by atoms with Crippen molar-refractivity contribution in [2.45, 2.75) is 24.5 Å². The van der Waals surface area contributed by atoms with Crippen molar-refractivity contribution in [1.29, 1.82) is 0 Å². The fourth-order valence-corrected chi connectivity index (χ4v) is 6.51. The molecule has 11 heteroatoms. The second-order valence-electron chi connectivity index (χ2n) is 10.5. The van der Waals surface area contributed by atoms with E-state index in [1.165, 1.54) is 32.2 Å². The molecule has 0 radical (unpaired) electrons. The molecule has 0 aromatic heterocycles. The van der Waals surface area contributed by atoms with Crippen molar-refractivity contribution < 1.29 is 44.3 Å². The standard InChI is InChI=1S/C29H28N2O9/c1-31(2)23-17-10-13-9-16-14(15-8-12(11-32)4-7-19(15)40-3)5-6-18(33)21(16)24(34)20(13)26(36)29(17,39)27(37)22(25(23)35)28(30)38/h4-8,11,13,17,23,33-34,37,39H,9-10H2,1-3H3,(H2,30,38)/t13-,17-,23-,29?/m0/s1. The minimum atomic E-state index is -2.71. The van der Waals surface area contributed by atoms with Gasteiger partial charge in [0.1, 0.15) is 34.9 Å². The topological polar surface area (TPSA) is 188 Å². The van der Waals surface area contributed by atoms with Crippen molar-refractivity contribution in [3.05, 3.63) is 63.9 Å². The van der Waals surface area contributed by atoms with Gasteiger partial charge in [-0.3, -0.25) is 24.1 Å². The van der Waals surface area contributed by atoms with Gasteiger partial charge >= 0.3 is 0 Å². The number of phenols is 1. The van der Waals surface area contributed by atoms with Crippen LogP contribution in [-0.4, -0.2) is 81.9 Å². The molecule has 6 N–H and O–H groups in total. The number of amides is 1. The first-order valence-electron chi connectivity index (χ1n) is 12.5. The SMILES string of the molecule is COc1ccc(C=O)cc1-c1ccc(O)c2c1C[C@H]1C[C@H]3[C@H](N(C)C)C(=O)C(C(N)=O)=C(O)C3(O)C(=O)C1=C2O. The number of nitrogens with zero attached hydrogens (tertiary/aromatic N) is 1. The Bertz CT molecular complexity index is 1570. The average molecular weight is 549 g/mol. The summed E-state index contributed by atoms with van der Waals surface area (Å²) in [6.07, 6.45) is 0.743. The van der Waals surface area contributed by atoms with Crippen molar-refractivity contribution in [3.8, 4) is 22.6 Å². The Morgan fingerprint density at radius 2 is 1.82 bits per heavy atom. The van der Waals surface area contributed by atoms with E-state index in [9.17, 15) is 39.6 Å². The number of aliphatic hydroxyl groups is 3. The number of primary amides is 1. The fourth-order valence-electron chi connectivity index (χ4n) is 6.51. The third kappa shape index (κ3) is 3.58. The number of hydrogen-bond donors (Lipinski definition) is 5. The lowest BCUT2D eigenvalue weighted by Crippen LogP contribution is -2.65. The van der Waals surface area contributed by atoms with E-state index >= 15 is 0 Å². The number of likely N-dealkylation sites (N-methyl/N-ethyl adjacent to an activating group) is 1. The van der Waals surface area contributed by atoms with Crippen LogP contribution in [-0.2, 0) is 20.8 Å². The minimum Gasteiger partial charge on any atom is -0.508 e. The summed E-state index contributed by atoms with van der Waals surface area (Å²) in [5.41, 5.74) is 3.37. The van der Waals surface area contributed by atoms with Crippen LogP contribution in [0.3, 0.4) is 0 Å². The zero-order chi connectivity index (χ0) is 29.3. The zero-order valence-corrected chi connectivity index (χ0v) is 22.0. The molecule has 1 amide bonds. The predicted molar refractivity (Wildman–Crippen MR) is 142 cm³/mol. The number of aromatic hydroxyl groups is 1. The maximum absolute atomic E-state index is 14.0. The third-order valence-electron chi connectivity index (χ3n) is 8.25. The van der Waals surface area contributed by atoms with Gasteiger partial charge in [-0.05, 0) is 68.2 Å². The molecule has 0 heterocycles. The van der Waals surface area contributed by atoms with E-state index < -0.39 is 58.0 Å². The number of hydrogen-bond acceptors (Lipinski definition) is 10. The first kappa shape index (κ1) is 27.1. The van der Waals surface area contributed by atoms with Gasteiger partial charge in [-0.2, -0.15) is 0 Å². The molecule has 4 atom stereocenters. The van der Waals surface area contributed by atoms with Crippen LogP contribution < -0.4 is 10.5 Å². The van der Waals surface area contributed by atoms with E-state index in [2.05, 4.69) is 0 Å². The summed E-state index contributed by atoms with van der Waals surface area (Å²) < 4.78 is 5.49. The van der Waals surface area contributed by atoms with E-state index in [4.69, 9.17) is 10.5 Å². The quantitative estimate of drug-likeness (QED) is 0.270. The van der Waals surface area contributed by atoms with Crippen LogP contribution in [0.1, 0.15) is 27.9 Å². The Kier molecular flexibility index (Phi) is 6.31. The number of methoxy groups -OCH3 is 1. The van der Waals surface area contributed by atoms with Crippen molar-refractivity contribution in [3.63, 3.8) is 0 Å². The molecule has 5 rings (SSSR count). The number of aliphatic hydroxyl groups excluding tert-OH is 2. The van der Waals surface area contributed by atoms with Gasteiger partial charge < -0.3 is 30.9 Å². The van der Waals surface area contributed by atoms with Crippen LogP contribution in [0.15, 0.2) is 47.2 Å². The molecule has 3 aliphatic carbocycles. The van der Waals surface area contributed by atoms with E-state index in [-0.39, 0.29) is 29.7 Å². The summed E-state index contributed by atoms with van der Waals surface area (Å²) in [5.74, 6) is -6.75. The van der Waals surface area contributed by atoms with Gasteiger partial charge in [0.05, 0.1) is 18.7 Å². The van der Waals surface area contributed by atoms with E-state index in [1.807, 2.05) is 0 Å². The molecular weight excluding hydrogens is 520 g/mol. The Balaban J connectivity index is 1.76. The molecule has 0 spiro atoms. The molecule has 1 unspecified atom stereocenters. The maximum Gasteiger partial charge on any atom is 0.255 e. The fraction of sp³-hybridized carbons (Fsp3) is 0.310. The van der Waals surface area contributed by atoms with Gasteiger partial charge in [-0.15, -0.1) is 0 Å². The van der Waals surface area contributed by atoms with E-state index in [1.54, 1.807) is 24.3 Å². The second-order valence-corrected chi connectivity index (χ2v) is 10.5. The number of aldehydes is 1. The summed E-state index contributed by atoms with van der Waals surface area (Å²) in [4.78, 5) is 52.3. The summed E-state index contributed by atoms with van der Waals surface area (Å²) in [6.45, 7) is 0. The first-order chi connectivity index (χ1) is 18.9. The molecule has 1 saturated carbocycles. The lowest BCUT2D eigenvalue weighted by atomic mass is 9.57. The van der Waals surface area contributed by atoms with Gasteiger partial charge in [0, 0.05) is 22.6 Å². The number of rotatable bonds is 5. The molecular formula is C29H28N2O9. The molecule has 0 aliphatic heterocycles. The molecule has 0 saturated heterocycles. The van der Waals surface area contributed by atoms with E-state index in [0.29, 0.717) is 34.3 Å². The average Bonchev–Trinajstić information content (AvgIpc) is 2.90. The molecule has 0 bridgehead atoms. The normalized spacial score (nSPS) is 25.9. The predicted octanol–water partition coefficient (Wildman–Crippen LogP) is 1.45. The number of benzene rings is 2. The smallest absolute Gasteiger partial charge is 0.255 e. The monoisotopic (exact) mass is 548 g/mol.